The molecule has 9 heteroatoms. The summed E-state index contributed by atoms with van der Waals surface area (Å²) < 4.78 is 19.9. The standard InChI is InChI=1S/C33H37NO7S/c1-18-13-19(2)24-15-28(41-27(24)14-18)31-34-29-25(39-16-20-3-7-22(8-4-20)32(35)36)11-12-26(30(29)42-31)40-17-21-5-9-23(10-6-21)33(37)38/h11-15,20-23H,3-10,16-17H2,1-2H3,(H,35,36)(H,37,38). The Labute approximate surface area is 248 Å². The molecule has 2 heterocycles. The zero-order valence-corrected chi connectivity index (χ0v) is 24.9. The summed E-state index contributed by atoms with van der Waals surface area (Å²) in [5.74, 6) is 0.869. The van der Waals surface area contributed by atoms with E-state index in [1.54, 1.807) is 0 Å². The number of aliphatic carboxylic acids is 2. The Bertz CT molecular complexity index is 1530. The number of rotatable bonds is 9. The molecule has 0 aliphatic heterocycles. The summed E-state index contributed by atoms with van der Waals surface area (Å²) in [4.78, 5) is 27.7. The first-order valence-electron chi connectivity index (χ1n) is 14.9. The molecule has 0 amide bonds. The number of thiazole rings is 1. The summed E-state index contributed by atoms with van der Waals surface area (Å²) >= 11 is 1.52. The van der Waals surface area contributed by atoms with Crippen LogP contribution in [0.25, 0.3) is 32.0 Å². The lowest BCUT2D eigenvalue weighted by Crippen LogP contribution is -2.24. The number of aromatic nitrogens is 1. The third-order valence-electron chi connectivity index (χ3n) is 9.01. The normalized spacial score (nSPS) is 22.8. The van der Waals surface area contributed by atoms with E-state index >= 15 is 0 Å². The van der Waals surface area contributed by atoms with Gasteiger partial charge >= 0.3 is 11.9 Å². The fraction of sp³-hybridized carbons (Fsp3) is 0.485. The van der Waals surface area contributed by atoms with Crippen LogP contribution in [0.1, 0.15) is 62.5 Å². The lowest BCUT2D eigenvalue weighted by atomic mass is 9.82. The highest BCUT2D eigenvalue weighted by Gasteiger charge is 2.28. The summed E-state index contributed by atoms with van der Waals surface area (Å²) in [6.45, 7) is 5.19. The lowest BCUT2D eigenvalue weighted by molar-refractivity contribution is -0.144. The zero-order valence-electron chi connectivity index (χ0n) is 24.1. The maximum atomic E-state index is 11.3. The van der Waals surface area contributed by atoms with Crippen molar-refractivity contribution in [3.63, 3.8) is 0 Å². The van der Waals surface area contributed by atoms with Crippen molar-refractivity contribution in [3.05, 3.63) is 41.5 Å². The van der Waals surface area contributed by atoms with E-state index in [4.69, 9.17) is 18.9 Å². The molecule has 222 valence electrons. The van der Waals surface area contributed by atoms with Gasteiger partial charge in [0.2, 0.25) is 0 Å². The Kier molecular flexibility index (Phi) is 8.12. The van der Waals surface area contributed by atoms with Gasteiger partial charge in [-0.3, -0.25) is 9.59 Å². The second-order valence-corrected chi connectivity index (χ2v) is 13.1. The van der Waals surface area contributed by atoms with E-state index in [0.29, 0.717) is 62.2 Å². The van der Waals surface area contributed by atoms with Crippen LogP contribution in [-0.2, 0) is 9.59 Å². The summed E-state index contributed by atoms with van der Waals surface area (Å²) in [7, 11) is 0. The monoisotopic (exact) mass is 591 g/mol. The van der Waals surface area contributed by atoms with E-state index in [1.807, 2.05) is 24.3 Å². The minimum absolute atomic E-state index is 0.246. The van der Waals surface area contributed by atoms with Gasteiger partial charge < -0.3 is 24.1 Å². The van der Waals surface area contributed by atoms with Crippen LogP contribution in [0, 0.1) is 37.5 Å². The molecule has 0 unspecified atom stereocenters. The number of benzene rings is 2. The number of carbonyl (C=O) groups is 2. The number of hydrogen-bond donors (Lipinski definition) is 2. The second-order valence-electron chi connectivity index (χ2n) is 12.1. The Balaban J connectivity index is 1.25. The SMILES string of the molecule is Cc1cc(C)c2cc(-c3nc4c(OCC5CCC(C(=O)O)CC5)ccc(OCC5CCC(C(=O)O)CC5)c4s3)oc2c1. The molecule has 42 heavy (non-hydrogen) atoms. The van der Waals surface area contributed by atoms with Crippen molar-refractivity contribution >= 4 is 44.5 Å². The molecular formula is C33H37NO7S. The van der Waals surface area contributed by atoms with Gasteiger partial charge in [0.25, 0.3) is 0 Å². The number of fused-ring (bicyclic) bond motifs is 2. The number of carboxylic acids is 2. The van der Waals surface area contributed by atoms with Gasteiger partial charge in [-0.25, -0.2) is 4.98 Å². The average Bonchev–Trinajstić information content (AvgIpc) is 3.61. The smallest absolute Gasteiger partial charge is 0.306 e. The highest BCUT2D eigenvalue weighted by atomic mass is 32.1. The van der Waals surface area contributed by atoms with E-state index < -0.39 is 11.9 Å². The molecule has 0 atom stereocenters. The van der Waals surface area contributed by atoms with E-state index in [-0.39, 0.29) is 11.8 Å². The number of ether oxygens (including phenoxy) is 2. The number of aryl methyl sites for hydroxylation is 2. The Hall–Kier alpha value is -3.59. The Morgan fingerprint density at radius 1 is 0.857 bits per heavy atom. The van der Waals surface area contributed by atoms with Crippen molar-refractivity contribution in [3.8, 4) is 22.3 Å². The molecular weight excluding hydrogens is 554 g/mol. The van der Waals surface area contributed by atoms with Gasteiger partial charge in [0, 0.05) is 5.39 Å². The van der Waals surface area contributed by atoms with Gasteiger partial charge in [-0.05, 0) is 112 Å². The van der Waals surface area contributed by atoms with E-state index in [2.05, 4.69) is 19.9 Å². The minimum Gasteiger partial charge on any atom is -0.492 e. The lowest BCUT2D eigenvalue weighted by Gasteiger charge is -2.26. The summed E-state index contributed by atoms with van der Waals surface area (Å²) in [6.07, 6.45) is 6.12. The molecule has 8 nitrogen and oxygen atoms in total. The number of hydrogen-bond acceptors (Lipinski definition) is 7. The fourth-order valence-corrected chi connectivity index (χ4v) is 7.46. The van der Waals surface area contributed by atoms with Gasteiger partial charge in [-0.2, -0.15) is 0 Å². The second kappa shape index (κ2) is 12.0. The first kappa shape index (κ1) is 28.5. The topological polar surface area (TPSA) is 119 Å². The van der Waals surface area contributed by atoms with Crippen molar-refractivity contribution in [1.82, 2.24) is 4.98 Å². The van der Waals surface area contributed by atoms with E-state index in [1.165, 1.54) is 11.3 Å². The molecule has 2 aromatic heterocycles. The zero-order chi connectivity index (χ0) is 29.4. The molecule has 2 aliphatic carbocycles. The summed E-state index contributed by atoms with van der Waals surface area (Å²) in [5, 5.41) is 20.5. The first-order chi connectivity index (χ1) is 20.2. The predicted octanol–water partition coefficient (Wildman–Crippen LogP) is 7.87. The number of carboxylic acid groups (broad SMARTS) is 2. The molecule has 2 aromatic carbocycles. The van der Waals surface area contributed by atoms with E-state index in [0.717, 1.165) is 68.8 Å². The highest BCUT2D eigenvalue weighted by Crippen LogP contribution is 2.43. The largest absolute Gasteiger partial charge is 0.492 e. The van der Waals surface area contributed by atoms with Crippen molar-refractivity contribution in [1.29, 1.82) is 0 Å². The first-order valence-corrected chi connectivity index (χ1v) is 15.7. The van der Waals surface area contributed by atoms with Crippen molar-refractivity contribution in [2.75, 3.05) is 13.2 Å². The molecule has 0 radical (unpaired) electrons. The molecule has 6 rings (SSSR count). The summed E-state index contributed by atoms with van der Waals surface area (Å²) in [5.41, 5.74) is 3.87. The van der Waals surface area contributed by atoms with Crippen LogP contribution in [0.15, 0.2) is 34.7 Å². The van der Waals surface area contributed by atoms with Crippen LogP contribution in [0.5, 0.6) is 11.5 Å². The molecule has 2 N–H and O–H groups in total. The van der Waals surface area contributed by atoms with Crippen LogP contribution in [0.3, 0.4) is 0 Å². The molecule has 0 spiro atoms. The average molecular weight is 592 g/mol. The van der Waals surface area contributed by atoms with E-state index in [9.17, 15) is 19.8 Å². The van der Waals surface area contributed by atoms with Crippen molar-refractivity contribution in [2.24, 2.45) is 23.7 Å². The van der Waals surface area contributed by atoms with Gasteiger partial charge in [0.1, 0.15) is 27.3 Å². The minimum atomic E-state index is -0.701. The van der Waals surface area contributed by atoms with Crippen LogP contribution in [0.4, 0.5) is 0 Å². The quantitative estimate of drug-likeness (QED) is 0.202. The van der Waals surface area contributed by atoms with Gasteiger partial charge in [0.05, 0.1) is 25.0 Å². The van der Waals surface area contributed by atoms with Gasteiger partial charge in [0.15, 0.2) is 10.8 Å². The Morgan fingerprint density at radius 2 is 1.43 bits per heavy atom. The maximum absolute atomic E-state index is 11.3. The Morgan fingerprint density at radius 3 is 2.02 bits per heavy atom. The number of furan rings is 1. The van der Waals surface area contributed by atoms with Crippen LogP contribution in [0.2, 0.25) is 0 Å². The molecule has 0 bridgehead atoms. The molecule has 2 saturated carbocycles. The maximum Gasteiger partial charge on any atom is 0.306 e. The van der Waals surface area contributed by atoms with Crippen molar-refractivity contribution < 1.29 is 33.7 Å². The van der Waals surface area contributed by atoms with Gasteiger partial charge in [-0.15, -0.1) is 11.3 Å². The van der Waals surface area contributed by atoms with Crippen LogP contribution < -0.4 is 9.47 Å². The third kappa shape index (κ3) is 5.98. The summed E-state index contributed by atoms with van der Waals surface area (Å²) in [6, 6.07) is 10.1. The fourth-order valence-electron chi connectivity index (χ4n) is 6.46. The highest BCUT2D eigenvalue weighted by molar-refractivity contribution is 7.22. The molecule has 2 fully saturated rings. The molecule has 0 saturated heterocycles. The third-order valence-corrected chi connectivity index (χ3v) is 10.1. The molecule has 2 aliphatic rings. The molecule has 4 aromatic rings. The van der Waals surface area contributed by atoms with Crippen molar-refractivity contribution in [2.45, 2.75) is 65.2 Å². The van der Waals surface area contributed by atoms with Gasteiger partial charge in [-0.1, -0.05) is 6.07 Å². The predicted molar refractivity (Wildman–Crippen MR) is 161 cm³/mol. The van der Waals surface area contributed by atoms with Crippen LogP contribution >= 0.6 is 11.3 Å². The number of nitrogens with zero attached hydrogens (tertiary/aromatic N) is 1. The van der Waals surface area contributed by atoms with Crippen LogP contribution in [-0.4, -0.2) is 40.3 Å².